The van der Waals surface area contributed by atoms with Gasteiger partial charge < -0.3 is 10.1 Å². The van der Waals surface area contributed by atoms with Gasteiger partial charge in [-0.1, -0.05) is 37.6 Å². The van der Waals surface area contributed by atoms with E-state index in [1.54, 1.807) is 6.07 Å². The Labute approximate surface area is 119 Å². The second-order valence-electron chi connectivity index (χ2n) is 5.18. The van der Waals surface area contributed by atoms with E-state index in [0.29, 0.717) is 12.3 Å². The van der Waals surface area contributed by atoms with Crippen LogP contribution in [0.3, 0.4) is 0 Å². The van der Waals surface area contributed by atoms with Gasteiger partial charge in [-0.15, -0.1) is 0 Å². The Bertz CT molecular complexity index is 427. The minimum atomic E-state index is -0.352. The fourth-order valence-electron chi connectivity index (χ4n) is 2.74. The molecule has 1 aromatic carbocycles. The smallest absolute Gasteiger partial charge is 0.142 e. The lowest BCUT2D eigenvalue weighted by Crippen LogP contribution is -2.43. The van der Waals surface area contributed by atoms with Crippen LogP contribution in [0.5, 0.6) is 0 Å². The molecule has 0 spiro atoms. The molecule has 1 aliphatic rings. The van der Waals surface area contributed by atoms with Gasteiger partial charge in [-0.2, -0.15) is 0 Å². The average Bonchev–Trinajstić information content (AvgIpc) is 2.80. The van der Waals surface area contributed by atoms with E-state index in [-0.39, 0.29) is 23.0 Å². The molecule has 1 aromatic rings. The largest absolute Gasteiger partial charge is 0.376 e. The van der Waals surface area contributed by atoms with Gasteiger partial charge in [0.1, 0.15) is 5.82 Å². The molecule has 0 aromatic heterocycles. The highest BCUT2D eigenvalue weighted by atomic mass is 35.5. The SMILES string of the molecule is CCNC(Cc1cccc(F)c1Cl)C1OCCC1C. The Balaban J connectivity index is 2.14. The van der Waals surface area contributed by atoms with E-state index < -0.39 is 0 Å². The summed E-state index contributed by atoms with van der Waals surface area (Å²) < 4.78 is 19.3. The Morgan fingerprint density at radius 3 is 2.95 bits per heavy atom. The number of benzene rings is 1. The monoisotopic (exact) mass is 285 g/mol. The van der Waals surface area contributed by atoms with Crippen LogP contribution in [0, 0.1) is 11.7 Å². The molecule has 1 N–H and O–H groups in total. The lowest BCUT2D eigenvalue weighted by Gasteiger charge is -2.27. The first kappa shape index (κ1) is 14.8. The van der Waals surface area contributed by atoms with E-state index in [9.17, 15) is 4.39 Å². The minimum absolute atomic E-state index is 0.180. The highest BCUT2D eigenvalue weighted by molar-refractivity contribution is 6.31. The van der Waals surface area contributed by atoms with Gasteiger partial charge in [0.15, 0.2) is 0 Å². The topological polar surface area (TPSA) is 21.3 Å². The number of likely N-dealkylation sites (N-methyl/N-ethyl adjacent to an activating group) is 1. The van der Waals surface area contributed by atoms with Gasteiger partial charge in [0.2, 0.25) is 0 Å². The fourth-order valence-corrected chi connectivity index (χ4v) is 2.94. The van der Waals surface area contributed by atoms with E-state index in [4.69, 9.17) is 16.3 Å². The Morgan fingerprint density at radius 2 is 2.32 bits per heavy atom. The van der Waals surface area contributed by atoms with Crippen molar-refractivity contribution in [2.45, 2.75) is 38.8 Å². The second-order valence-corrected chi connectivity index (χ2v) is 5.56. The molecule has 106 valence electrons. The summed E-state index contributed by atoms with van der Waals surface area (Å²) in [4.78, 5) is 0. The molecule has 0 saturated carbocycles. The van der Waals surface area contributed by atoms with Crippen LogP contribution in [0.1, 0.15) is 25.8 Å². The maximum Gasteiger partial charge on any atom is 0.142 e. The molecule has 1 saturated heterocycles. The molecule has 0 aliphatic carbocycles. The van der Waals surface area contributed by atoms with Crippen molar-refractivity contribution in [2.24, 2.45) is 5.92 Å². The van der Waals surface area contributed by atoms with Crippen LogP contribution in [0.15, 0.2) is 18.2 Å². The first-order valence-corrected chi connectivity index (χ1v) is 7.29. The molecule has 1 aliphatic heterocycles. The maximum absolute atomic E-state index is 13.5. The van der Waals surface area contributed by atoms with E-state index in [1.807, 2.05) is 6.07 Å². The average molecular weight is 286 g/mol. The van der Waals surface area contributed by atoms with Crippen LogP contribution in [0.2, 0.25) is 5.02 Å². The van der Waals surface area contributed by atoms with Crippen LogP contribution in [-0.2, 0) is 11.2 Å². The fraction of sp³-hybridized carbons (Fsp3) is 0.600. The van der Waals surface area contributed by atoms with Crippen molar-refractivity contribution in [3.05, 3.63) is 34.6 Å². The molecule has 0 radical (unpaired) electrons. The molecular formula is C15H21ClFNO. The summed E-state index contributed by atoms with van der Waals surface area (Å²) in [7, 11) is 0. The standard InChI is InChI=1S/C15H21ClFNO/c1-3-18-13(15-10(2)7-8-19-15)9-11-5-4-6-12(17)14(11)16/h4-6,10,13,15,18H,3,7-9H2,1-2H3. The van der Waals surface area contributed by atoms with E-state index >= 15 is 0 Å². The van der Waals surface area contributed by atoms with Crippen LogP contribution >= 0.6 is 11.6 Å². The lowest BCUT2D eigenvalue weighted by atomic mass is 9.93. The molecule has 19 heavy (non-hydrogen) atoms. The van der Waals surface area contributed by atoms with Gasteiger partial charge in [0, 0.05) is 12.6 Å². The van der Waals surface area contributed by atoms with Gasteiger partial charge in [0.05, 0.1) is 11.1 Å². The molecule has 2 rings (SSSR count). The van der Waals surface area contributed by atoms with Gasteiger partial charge in [-0.25, -0.2) is 4.39 Å². The zero-order valence-corrected chi connectivity index (χ0v) is 12.2. The molecule has 3 atom stereocenters. The number of ether oxygens (including phenoxy) is 1. The minimum Gasteiger partial charge on any atom is -0.376 e. The lowest BCUT2D eigenvalue weighted by molar-refractivity contribution is 0.0615. The van der Waals surface area contributed by atoms with Crippen molar-refractivity contribution < 1.29 is 9.13 Å². The van der Waals surface area contributed by atoms with Gasteiger partial charge in [0.25, 0.3) is 0 Å². The zero-order valence-electron chi connectivity index (χ0n) is 11.5. The van der Waals surface area contributed by atoms with E-state index in [0.717, 1.165) is 25.1 Å². The van der Waals surface area contributed by atoms with Crippen LogP contribution in [0.4, 0.5) is 4.39 Å². The molecule has 3 unspecified atom stereocenters. The summed E-state index contributed by atoms with van der Waals surface area (Å²) in [5.74, 6) is 0.172. The van der Waals surface area contributed by atoms with Crippen LogP contribution < -0.4 is 5.32 Å². The third kappa shape index (κ3) is 3.47. The molecule has 2 nitrogen and oxygen atoms in total. The van der Waals surface area contributed by atoms with Gasteiger partial charge >= 0.3 is 0 Å². The van der Waals surface area contributed by atoms with E-state index in [1.165, 1.54) is 6.07 Å². The molecule has 1 fully saturated rings. The van der Waals surface area contributed by atoms with Crippen LogP contribution in [0.25, 0.3) is 0 Å². The first-order valence-electron chi connectivity index (χ1n) is 6.91. The predicted octanol–water partition coefficient (Wildman–Crippen LogP) is 3.42. The van der Waals surface area contributed by atoms with Crippen molar-refractivity contribution in [3.8, 4) is 0 Å². The molecule has 1 heterocycles. The first-order chi connectivity index (χ1) is 9.13. The number of rotatable bonds is 5. The number of halogens is 2. The summed E-state index contributed by atoms with van der Waals surface area (Å²) in [6, 6.07) is 5.17. The zero-order chi connectivity index (χ0) is 13.8. The normalized spacial score (nSPS) is 24.6. The number of hydrogen-bond donors (Lipinski definition) is 1. The summed E-state index contributed by atoms with van der Waals surface area (Å²) in [5.41, 5.74) is 0.843. The van der Waals surface area contributed by atoms with Crippen molar-refractivity contribution >= 4 is 11.6 Å². The van der Waals surface area contributed by atoms with Gasteiger partial charge in [-0.05, 0) is 36.9 Å². The number of hydrogen-bond acceptors (Lipinski definition) is 2. The molecule has 0 amide bonds. The Kier molecular flexibility index (Phi) is 5.20. The van der Waals surface area contributed by atoms with Gasteiger partial charge in [-0.3, -0.25) is 0 Å². The quantitative estimate of drug-likeness (QED) is 0.895. The van der Waals surface area contributed by atoms with Crippen LogP contribution in [-0.4, -0.2) is 25.3 Å². The molecular weight excluding hydrogens is 265 g/mol. The third-order valence-corrected chi connectivity index (χ3v) is 4.20. The summed E-state index contributed by atoms with van der Waals surface area (Å²) in [6.45, 7) is 5.95. The van der Waals surface area contributed by atoms with E-state index in [2.05, 4.69) is 19.2 Å². The Morgan fingerprint density at radius 1 is 1.53 bits per heavy atom. The second kappa shape index (κ2) is 6.69. The highest BCUT2D eigenvalue weighted by Gasteiger charge is 2.32. The summed E-state index contributed by atoms with van der Waals surface area (Å²) in [5, 5.41) is 3.68. The summed E-state index contributed by atoms with van der Waals surface area (Å²) >= 11 is 6.04. The predicted molar refractivity (Wildman–Crippen MR) is 76.1 cm³/mol. The van der Waals surface area contributed by atoms with Crippen molar-refractivity contribution in [1.29, 1.82) is 0 Å². The number of nitrogens with one attached hydrogen (secondary N) is 1. The summed E-state index contributed by atoms with van der Waals surface area (Å²) in [6.07, 6.45) is 1.96. The third-order valence-electron chi connectivity index (χ3n) is 3.78. The molecule has 4 heteroatoms. The maximum atomic E-state index is 13.5. The highest BCUT2D eigenvalue weighted by Crippen LogP contribution is 2.27. The van der Waals surface area contributed by atoms with Crippen molar-refractivity contribution in [1.82, 2.24) is 5.32 Å². The molecule has 0 bridgehead atoms. The Hall–Kier alpha value is -0.640. The van der Waals surface area contributed by atoms with Crippen molar-refractivity contribution in [3.63, 3.8) is 0 Å². The van der Waals surface area contributed by atoms with Crippen molar-refractivity contribution in [2.75, 3.05) is 13.2 Å².